The van der Waals surface area contributed by atoms with Gasteiger partial charge in [0.2, 0.25) is 0 Å². The number of esters is 1. The lowest BCUT2D eigenvalue weighted by Gasteiger charge is -2.14. The minimum absolute atomic E-state index is 0.310. The Morgan fingerprint density at radius 2 is 2.05 bits per heavy atom. The molecule has 0 radical (unpaired) electrons. The zero-order chi connectivity index (χ0) is 15.0. The number of para-hydroxylation sites is 2. The Morgan fingerprint density at radius 3 is 2.76 bits per heavy atom. The molecule has 108 valence electrons. The standard InChI is InChI=1S/C16H17N3O2/c1-4-21-16(20)11-9-14-15(18(2)3)17-12-7-5-6-8-13(12)19(14)10-11/h5-10H,4H2,1-3H3. The van der Waals surface area contributed by atoms with Crippen LogP contribution in [0.15, 0.2) is 36.5 Å². The van der Waals surface area contributed by atoms with Gasteiger partial charge in [0, 0.05) is 20.3 Å². The first kappa shape index (κ1) is 13.4. The zero-order valence-corrected chi connectivity index (χ0v) is 12.3. The van der Waals surface area contributed by atoms with Crippen molar-refractivity contribution in [2.45, 2.75) is 6.92 Å². The van der Waals surface area contributed by atoms with Crippen LogP contribution in [0.4, 0.5) is 5.82 Å². The van der Waals surface area contributed by atoms with Crippen molar-refractivity contribution in [1.29, 1.82) is 0 Å². The van der Waals surface area contributed by atoms with Crippen LogP contribution >= 0.6 is 0 Å². The van der Waals surface area contributed by atoms with Crippen LogP contribution in [-0.4, -0.2) is 36.1 Å². The van der Waals surface area contributed by atoms with Crippen LogP contribution in [0.1, 0.15) is 17.3 Å². The van der Waals surface area contributed by atoms with E-state index in [-0.39, 0.29) is 5.97 Å². The maximum Gasteiger partial charge on any atom is 0.339 e. The van der Waals surface area contributed by atoms with Crippen LogP contribution in [0, 0.1) is 0 Å². The second-order valence-electron chi connectivity index (χ2n) is 5.02. The molecule has 0 aliphatic carbocycles. The van der Waals surface area contributed by atoms with Gasteiger partial charge in [0.05, 0.1) is 28.7 Å². The third-order valence-corrected chi connectivity index (χ3v) is 3.35. The number of hydrogen-bond donors (Lipinski definition) is 0. The summed E-state index contributed by atoms with van der Waals surface area (Å²) in [5.74, 6) is 0.513. The first-order valence-electron chi connectivity index (χ1n) is 6.87. The third-order valence-electron chi connectivity index (χ3n) is 3.35. The molecule has 0 fully saturated rings. The molecular weight excluding hydrogens is 266 g/mol. The van der Waals surface area contributed by atoms with Crippen molar-refractivity contribution in [2.24, 2.45) is 0 Å². The lowest BCUT2D eigenvalue weighted by molar-refractivity contribution is 0.0526. The van der Waals surface area contributed by atoms with E-state index in [1.165, 1.54) is 0 Å². The van der Waals surface area contributed by atoms with Gasteiger partial charge in [0.1, 0.15) is 0 Å². The molecule has 0 bridgehead atoms. The molecule has 0 unspecified atom stereocenters. The van der Waals surface area contributed by atoms with E-state index in [0.717, 1.165) is 22.4 Å². The maximum atomic E-state index is 12.0. The molecule has 0 spiro atoms. The molecule has 0 saturated heterocycles. The summed E-state index contributed by atoms with van der Waals surface area (Å²) in [6.07, 6.45) is 1.81. The fraction of sp³-hybridized carbons (Fsp3) is 0.250. The highest BCUT2D eigenvalue weighted by Gasteiger charge is 2.15. The summed E-state index contributed by atoms with van der Waals surface area (Å²) in [4.78, 5) is 18.6. The Balaban J connectivity index is 2.32. The van der Waals surface area contributed by atoms with Crippen molar-refractivity contribution in [3.8, 4) is 0 Å². The lowest BCUT2D eigenvalue weighted by atomic mass is 10.3. The Morgan fingerprint density at radius 1 is 1.29 bits per heavy atom. The average molecular weight is 283 g/mol. The number of ether oxygens (including phenoxy) is 1. The lowest BCUT2D eigenvalue weighted by Crippen LogP contribution is -2.12. The van der Waals surface area contributed by atoms with E-state index < -0.39 is 0 Å². The predicted octanol–water partition coefficient (Wildman–Crippen LogP) is 2.73. The second kappa shape index (κ2) is 5.09. The molecule has 2 heterocycles. The van der Waals surface area contributed by atoms with E-state index in [4.69, 9.17) is 4.74 Å². The molecular formula is C16H17N3O2. The summed E-state index contributed by atoms with van der Waals surface area (Å²) >= 11 is 0. The van der Waals surface area contributed by atoms with Gasteiger partial charge in [-0.15, -0.1) is 0 Å². The fourth-order valence-corrected chi connectivity index (χ4v) is 2.42. The Labute approximate surface area is 122 Å². The summed E-state index contributed by atoms with van der Waals surface area (Å²) in [6.45, 7) is 2.17. The summed E-state index contributed by atoms with van der Waals surface area (Å²) in [6, 6.07) is 9.70. The molecule has 0 N–H and O–H groups in total. The van der Waals surface area contributed by atoms with Gasteiger partial charge in [-0.1, -0.05) is 12.1 Å². The summed E-state index contributed by atoms with van der Waals surface area (Å²) < 4.78 is 7.07. The van der Waals surface area contributed by atoms with Crippen molar-refractivity contribution >= 4 is 28.3 Å². The molecule has 5 nitrogen and oxygen atoms in total. The van der Waals surface area contributed by atoms with Gasteiger partial charge in [-0.25, -0.2) is 9.78 Å². The molecule has 0 atom stereocenters. The van der Waals surface area contributed by atoms with E-state index >= 15 is 0 Å². The number of carbonyl (C=O) groups excluding carboxylic acids is 1. The molecule has 3 rings (SSSR count). The van der Waals surface area contributed by atoms with E-state index in [2.05, 4.69) is 4.98 Å². The third kappa shape index (κ3) is 2.20. The Hall–Kier alpha value is -2.56. The van der Waals surface area contributed by atoms with Gasteiger partial charge in [-0.2, -0.15) is 0 Å². The molecule has 0 aliphatic rings. The highest BCUT2D eigenvalue weighted by Crippen LogP contribution is 2.25. The summed E-state index contributed by atoms with van der Waals surface area (Å²) in [5, 5.41) is 0. The van der Waals surface area contributed by atoms with Crippen molar-refractivity contribution in [3.05, 3.63) is 42.1 Å². The minimum atomic E-state index is -0.310. The molecule has 0 aliphatic heterocycles. The summed E-state index contributed by atoms with van der Waals surface area (Å²) in [5.41, 5.74) is 3.29. The maximum absolute atomic E-state index is 12.0. The highest BCUT2D eigenvalue weighted by atomic mass is 16.5. The topological polar surface area (TPSA) is 46.8 Å². The zero-order valence-electron chi connectivity index (χ0n) is 12.3. The number of rotatable bonds is 3. The SMILES string of the molecule is CCOC(=O)c1cc2c(N(C)C)nc3ccccc3n2c1. The van der Waals surface area contributed by atoms with E-state index in [1.54, 1.807) is 6.92 Å². The van der Waals surface area contributed by atoms with Gasteiger partial charge in [-0.05, 0) is 25.1 Å². The number of anilines is 1. The van der Waals surface area contributed by atoms with Crippen LogP contribution < -0.4 is 4.90 Å². The van der Waals surface area contributed by atoms with Crippen molar-refractivity contribution in [1.82, 2.24) is 9.38 Å². The fourth-order valence-electron chi connectivity index (χ4n) is 2.42. The monoisotopic (exact) mass is 283 g/mol. The molecule has 0 amide bonds. The van der Waals surface area contributed by atoms with Gasteiger partial charge in [0.25, 0.3) is 0 Å². The summed E-state index contributed by atoms with van der Waals surface area (Å²) in [7, 11) is 3.88. The molecule has 1 aromatic carbocycles. The largest absolute Gasteiger partial charge is 0.462 e. The minimum Gasteiger partial charge on any atom is -0.462 e. The van der Waals surface area contributed by atoms with E-state index in [0.29, 0.717) is 12.2 Å². The smallest absolute Gasteiger partial charge is 0.339 e. The predicted molar refractivity (Wildman–Crippen MR) is 83.0 cm³/mol. The van der Waals surface area contributed by atoms with E-state index in [1.807, 2.05) is 59.9 Å². The van der Waals surface area contributed by atoms with Crippen LogP contribution in [0.5, 0.6) is 0 Å². The van der Waals surface area contributed by atoms with E-state index in [9.17, 15) is 4.79 Å². The van der Waals surface area contributed by atoms with Gasteiger partial charge < -0.3 is 14.0 Å². The van der Waals surface area contributed by atoms with Gasteiger partial charge in [-0.3, -0.25) is 0 Å². The first-order chi connectivity index (χ1) is 10.1. The number of hydrogen-bond acceptors (Lipinski definition) is 4. The quantitative estimate of drug-likeness (QED) is 0.693. The van der Waals surface area contributed by atoms with Crippen LogP contribution in [-0.2, 0) is 4.74 Å². The van der Waals surface area contributed by atoms with Crippen LogP contribution in [0.3, 0.4) is 0 Å². The van der Waals surface area contributed by atoms with Crippen molar-refractivity contribution in [3.63, 3.8) is 0 Å². The Bertz CT molecular complexity index is 821. The molecule has 21 heavy (non-hydrogen) atoms. The van der Waals surface area contributed by atoms with Gasteiger partial charge >= 0.3 is 5.97 Å². The molecule has 5 heteroatoms. The number of carbonyl (C=O) groups is 1. The molecule has 2 aromatic heterocycles. The molecule has 3 aromatic rings. The average Bonchev–Trinajstić information content (AvgIpc) is 2.91. The number of fused-ring (bicyclic) bond motifs is 3. The number of benzene rings is 1. The number of aromatic nitrogens is 2. The highest BCUT2D eigenvalue weighted by molar-refractivity contribution is 5.95. The van der Waals surface area contributed by atoms with Crippen molar-refractivity contribution in [2.75, 3.05) is 25.6 Å². The molecule has 0 saturated carbocycles. The van der Waals surface area contributed by atoms with Gasteiger partial charge in [0.15, 0.2) is 5.82 Å². The Kier molecular flexibility index (Phi) is 3.25. The second-order valence-corrected chi connectivity index (χ2v) is 5.02. The number of nitrogens with zero attached hydrogens (tertiary/aromatic N) is 3. The van der Waals surface area contributed by atoms with Crippen LogP contribution in [0.2, 0.25) is 0 Å². The first-order valence-corrected chi connectivity index (χ1v) is 6.87. The van der Waals surface area contributed by atoms with Crippen LogP contribution in [0.25, 0.3) is 16.6 Å². The normalized spacial score (nSPS) is 11.0. The van der Waals surface area contributed by atoms with Crippen molar-refractivity contribution < 1.29 is 9.53 Å².